The molecule has 2 nitrogen and oxygen atoms in total. The fourth-order valence-electron chi connectivity index (χ4n) is 1.45. The third-order valence-corrected chi connectivity index (χ3v) is 2.46. The van der Waals surface area contributed by atoms with Gasteiger partial charge >= 0.3 is 0 Å². The number of hydrogen-bond acceptors (Lipinski definition) is 2. The quantitative estimate of drug-likeness (QED) is 0.692. The summed E-state index contributed by atoms with van der Waals surface area (Å²) in [5, 5.41) is 0.526. The van der Waals surface area contributed by atoms with Crippen LogP contribution in [0.15, 0.2) is 18.3 Å². The van der Waals surface area contributed by atoms with E-state index < -0.39 is 0 Å². The first-order chi connectivity index (χ1) is 7.22. The smallest absolute Gasteiger partial charge is 0.129 e. The van der Waals surface area contributed by atoms with Gasteiger partial charge in [-0.25, -0.2) is 4.98 Å². The summed E-state index contributed by atoms with van der Waals surface area (Å²) in [6.07, 6.45) is 4.19. The summed E-state index contributed by atoms with van der Waals surface area (Å²) in [7, 11) is 0. The van der Waals surface area contributed by atoms with E-state index in [0.717, 1.165) is 12.2 Å². The van der Waals surface area contributed by atoms with Gasteiger partial charge in [-0.1, -0.05) is 37.9 Å². The van der Waals surface area contributed by atoms with Crippen molar-refractivity contribution in [3.05, 3.63) is 29.0 Å². The normalized spacial score (nSPS) is 12.7. The van der Waals surface area contributed by atoms with Crippen molar-refractivity contribution in [1.29, 1.82) is 0 Å². The summed E-state index contributed by atoms with van der Waals surface area (Å²) < 4.78 is 5.59. The van der Waals surface area contributed by atoms with Gasteiger partial charge < -0.3 is 4.74 Å². The Morgan fingerprint density at radius 1 is 1.47 bits per heavy atom. The number of nitrogens with zero attached hydrogens (tertiary/aromatic N) is 1. The molecule has 1 heterocycles. The predicted molar refractivity (Wildman–Crippen MR) is 63.0 cm³/mol. The van der Waals surface area contributed by atoms with Crippen LogP contribution in [0.3, 0.4) is 0 Å². The van der Waals surface area contributed by atoms with E-state index in [9.17, 15) is 0 Å². The molecule has 0 aliphatic rings. The number of aromatic nitrogens is 1. The average molecular weight is 228 g/mol. The minimum Gasteiger partial charge on any atom is -0.376 e. The summed E-state index contributed by atoms with van der Waals surface area (Å²) in [4.78, 5) is 4.00. The molecule has 0 bridgehead atoms. The van der Waals surface area contributed by atoms with E-state index >= 15 is 0 Å². The van der Waals surface area contributed by atoms with Gasteiger partial charge in [-0.3, -0.25) is 0 Å². The van der Waals surface area contributed by atoms with Crippen molar-refractivity contribution >= 4 is 11.6 Å². The molecule has 0 amide bonds. The molecular weight excluding hydrogens is 210 g/mol. The number of halogens is 1. The first-order valence-electron chi connectivity index (χ1n) is 5.40. The van der Waals surface area contributed by atoms with Crippen molar-refractivity contribution in [3.63, 3.8) is 0 Å². The van der Waals surface area contributed by atoms with Crippen LogP contribution in [0.4, 0.5) is 0 Å². The molecule has 0 radical (unpaired) electrons. The second-order valence-corrected chi connectivity index (χ2v) is 4.29. The van der Waals surface area contributed by atoms with Crippen molar-refractivity contribution in [2.24, 2.45) is 5.92 Å². The average Bonchev–Trinajstić information content (AvgIpc) is 2.21. The summed E-state index contributed by atoms with van der Waals surface area (Å²) in [5.74, 6) is 0.634. The molecule has 3 heteroatoms. The molecule has 1 rings (SSSR count). The topological polar surface area (TPSA) is 22.1 Å². The molecule has 84 valence electrons. The number of hydrogen-bond donors (Lipinski definition) is 0. The fraction of sp³-hybridized carbons (Fsp3) is 0.583. The van der Waals surface area contributed by atoms with Crippen LogP contribution in [0.5, 0.6) is 0 Å². The lowest BCUT2D eigenvalue weighted by molar-refractivity contribution is 0.0892. The highest BCUT2D eigenvalue weighted by Gasteiger charge is 2.01. The molecular formula is C12H18ClNO. The molecule has 0 aromatic carbocycles. The first-order valence-corrected chi connectivity index (χ1v) is 5.78. The van der Waals surface area contributed by atoms with Gasteiger partial charge in [0.1, 0.15) is 5.15 Å². The van der Waals surface area contributed by atoms with Crippen LogP contribution in [-0.2, 0) is 11.3 Å². The minimum atomic E-state index is 0.526. The molecule has 0 saturated carbocycles. The van der Waals surface area contributed by atoms with E-state index in [1.54, 1.807) is 12.3 Å². The Labute approximate surface area is 96.6 Å². The summed E-state index contributed by atoms with van der Waals surface area (Å²) in [6.45, 7) is 5.85. The third kappa shape index (κ3) is 5.14. The lowest BCUT2D eigenvalue weighted by Crippen LogP contribution is -2.05. The van der Waals surface area contributed by atoms with Crippen molar-refractivity contribution in [3.8, 4) is 0 Å². The van der Waals surface area contributed by atoms with Crippen LogP contribution in [0.2, 0.25) is 5.15 Å². The number of rotatable bonds is 6. The van der Waals surface area contributed by atoms with Gasteiger partial charge in [-0.05, 0) is 24.0 Å². The Morgan fingerprint density at radius 3 is 2.87 bits per heavy atom. The van der Waals surface area contributed by atoms with E-state index in [0.29, 0.717) is 17.7 Å². The number of pyridine rings is 1. The molecule has 0 N–H and O–H groups in total. The van der Waals surface area contributed by atoms with Crippen LogP contribution in [0.25, 0.3) is 0 Å². The molecule has 1 unspecified atom stereocenters. The molecule has 15 heavy (non-hydrogen) atoms. The fourth-order valence-corrected chi connectivity index (χ4v) is 1.56. The van der Waals surface area contributed by atoms with E-state index in [4.69, 9.17) is 16.3 Å². The van der Waals surface area contributed by atoms with Gasteiger partial charge in [0.2, 0.25) is 0 Å². The van der Waals surface area contributed by atoms with Crippen molar-refractivity contribution in [2.45, 2.75) is 33.3 Å². The van der Waals surface area contributed by atoms with Gasteiger partial charge in [-0.2, -0.15) is 0 Å². The largest absolute Gasteiger partial charge is 0.376 e. The van der Waals surface area contributed by atoms with Gasteiger partial charge in [-0.15, -0.1) is 0 Å². The van der Waals surface area contributed by atoms with Crippen molar-refractivity contribution < 1.29 is 4.74 Å². The summed E-state index contributed by atoms with van der Waals surface area (Å²) in [6, 6.07) is 3.73. The van der Waals surface area contributed by atoms with Gasteiger partial charge in [0.05, 0.1) is 6.61 Å². The molecule has 0 spiro atoms. The first kappa shape index (κ1) is 12.5. The molecule has 1 atom stereocenters. The lowest BCUT2D eigenvalue weighted by atomic mass is 10.1. The zero-order valence-electron chi connectivity index (χ0n) is 9.37. The van der Waals surface area contributed by atoms with Crippen molar-refractivity contribution in [1.82, 2.24) is 4.98 Å². The van der Waals surface area contributed by atoms with E-state index in [1.165, 1.54) is 12.8 Å². The minimum absolute atomic E-state index is 0.526. The van der Waals surface area contributed by atoms with Crippen LogP contribution in [0.1, 0.15) is 32.3 Å². The number of ether oxygens (including phenoxy) is 1. The van der Waals surface area contributed by atoms with E-state index in [-0.39, 0.29) is 0 Å². The van der Waals surface area contributed by atoms with Gasteiger partial charge in [0.15, 0.2) is 0 Å². The standard InChI is InChI=1S/C12H18ClNO/c1-3-4-10(2)8-15-9-11-5-6-12(13)14-7-11/h5-7,10H,3-4,8-9H2,1-2H3. The van der Waals surface area contributed by atoms with Gasteiger partial charge in [0, 0.05) is 12.8 Å². The third-order valence-electron chi connectivity index (χ3n) is 2.24. The summed E-state index contributed by atoms with van der Waals surface area (Å²) >= 11 is 5.69. The van der Waals surface area contributed by atoms with E-state index in [2.05, 4.69) is 18.8 Å². The maximum absolute atomic E-state index is 5.69. The Balaban J connectivity index is 2.22. The predicted octanol–water partition coefficient (Wildman–Crippen LogP) is 3.69. The Morgan fingerprint density at radius 2 is 2.27 bits per heavy atom. The highest BCUT2D eigenvalue weighted by Crippen LogP contribution is 2.09. The zero-order valence-corrected chi connectivity index (χ0v) is 10.1. The van der Waals surface area contributed by atoms with Crippen LogP contribution < -0.4 is 0 Å². The zero-order chi connectivity index (χ0) is 11.1. The van der Waals surface area contributed by atoms with Crippen molar-refractivity contribution in [2.75, 3.05) is 6.61 Å². The maximum Gasteiger partial charge on any atom is 0.129 e. The summed E-state index contributed by atoms with van der Waals surface area (Å²) in [5.41, 5.74) is 1.07. The molecule has 1 aromatic heterocycles. The molecule has 1 aromatic rings. The second-order valence-electron chi connectivity index (χ2n) is 3.90. The molecule has 0 saturated heterocycles. The highest BCUT2D eigenvalue weighted by molar-refractivity contribution is 6.29. The van der Waals surface area contributed by atoms with Crippen LogP contribution >= 0.6 is 11.6 Å². The second kappa shape index (κ2) is 6.81. The van der Waals surface area contributed by atoms with Gasteiger partial charge in [0.25, 0.3) is 0 Å². The Hall–Kier alpha value is -0.600. The Bertz CT molecular complexity index is 273. The maximum atomic E-state index is 5.69. The Kier molecular flexibility index (Phi) is 5.66. The lowest BCUT2D eigenvalue weighted by Gasteiger charge is -2.10. The molecule has 0 fully saturated rings. The van der Waals surface area contributed by atoms with Crippen LogP contribution in [-0.4, -0.2) is 11.6 Å². The SMILES string of the molecule is CCCC(C)COCc1ccc(Cl)nc1. The van der Waals surface area contributed by atoms with Crippen LogP contribution in [0, 0.1) is 5.92 Å². The molecule has 0 aliphatic heterocycles. The highest BCUT2D eigenvalue weighted by atomic mass is 35.5. The van der Waals surface area contributed by atoms with E-state index in [1.807, 2.05) is 6.07 Å². The monoisotopic (exact) mass is 227 g/mol. The molecule has 0 aliphatic carbocycles.